The van der Waals surface area contributed by atoms with Gasteiger partial charge in [0, 0.05) is 56.5 Å². The molecule has 1 aromatic carbocycles. The zero-order valence-corrected chi connectivity index (χ0v) is 20.1. The first kappa shape index (κ1) is 23.1. The molecule has 3 aliphatic rings. The lowest BCUT2D eigenvalue weighted by Crippen LogP contribution is -2.36. The highest BCUT2D eigenvalue weighted by atomic mass is 16.5. The summed E-state index contributed by atoms with van der Waals surface area (Å²) in [5, 5.41) is 0. The SMILES string of the molecule is CN(C)C(=O)CN1Cc2c(cccc2N2CC[C@@H](Oc3cncc(OCCC4CC4)c3)C2=O)C1=O. The van der Waals surface area contributed by atoms with Crippen molar-refractivity contribution < 1.29 is 23.9 Å². The van der Waals surface area contributed by atoms with E-state index >= 15 is 0 Å². The number of carbonyl (C=O) groups excluding carboxylic acids is 3. The zero-order chi connectivity index (χ0) is 24.5. The number of anilines is 1. The van der Waals surface area contributed by atoms with Gasteiger partial charge in [0.15, 0.2) is 6.10 Å². The molecule has 1 aromatic heterocycles. The smallest absolute Gasteiger partial charge is 0.268 e. The topological polar surface area (TPSA) is 92.3 Å². The lowest BCUT2D eigenvalue weighted by Gasteiger charge is -2.21. The number of carbonyl (C=O) groups is 3. The number of fused-ring (bicyclic) bond motifs is 1. The summed E-state index contributed by atoms with van der Waals surface area (Å²) in [6.45, 7) is 1.44. The van der Waals surface area contributed by atoms with Gasteiger partial charge in [-0.2, -0.15) is 0 Å². The largest absolute Gasteiger partial charge is 0.492 e. The maximum atomic E-state index is 13.3. The number of aromatic nitrogens is 1. The molecular formula is C26H30N4O5. The molecule has 35 heavy (non-hydrogen) atoms. The average molecular weight is 479 g/mol. The molecular weight excluding hydrogens is 448 g/mol. The van der Waals surface area contributed by atoms with Crippen molar-refractivity contribution in [2.45, 2.75) is 38.3 Å². The van der Waals surface area contributed by atoms with Gasteiger partial charge >= 0.3 is 0 Å². The Hall–Kier alpha value is -3.62. The summed E-state index contributed by atoms with van der Waals surface area (Å²) in [4.78, 5) is 47.1. The van der Waals surface area contributed by atoms with Crippen molar-refractivity contribution in [3.05, 3.63) is 47.8 Å². The highest BCUT2D eigenvalue weighted by Crippen LogP contribution is 2.35. The molecule has 0 bridgehead atoms. The Labute approximate surface area is 204 Å². The summed E-state index contributed by atoms with van der Waals surface area (Å²) in [7, 11) is 3.33. The van der Waals surface area contributed by atoms with Gasteiger partial charge in [-0.3, -0.25) is 19.4 Å². The van der Waals surface area contributed by atoms with E-state index in [1.165, 1.54) is 22.6 Å². The molecule has 1 saturated heterocycles. The van der Waals surface area contributed by atoms with Crippen LogP contribution in [0.2, 0.25) is 0 Å². The molecule has 184 valence electrons. The predicted octanol–water partition coefficient (Wildman–Crippen LogP) is 2.49. The predicted molar refractivity (Wildman–Crippen MR) is 128 cm³/mol. The summed E-state index contributed by atoms with van der Waals surface area (Å²) in [5.41, 5.74) is 2.00. The van der Waals surface area contributed by atoms with Crippen molar-refractivity contribution >= 4 is 23.4 Å². The number of hydrogen-bond acceptors (Lipinski definition) is 6. The second-order valence-electron chi connectivity index (χ2n) is 9.57. The van der Waals surface area contributed by atoms with Crippen LogP contribution in [0.25, 0.3) is 0 Å². The van der Waals surface area contributed by atoms with E-state index in [1.54, 1.807) is 49.6 Å². The number of amides is 3. The maximum Gasteiger partial charge on any atom is 0.268 e. The molecule has 2 fully saturated rings. The van der Waals surface area contributed by atoms with Gasteiger partial charge in [-0.15, -0.1) is 0 Å². The molecule has 2 aliphatic heterocycles. The molecule has 0 N–H and O–H groups in total. The quantitative estimate of drug-likeness (QED) is 0.550. The van der Waals surface area contributed by atoms with E-state index < -0.39 is 6.10 Å². The van der Waals surface area contributed by atoms with Crippen molar-refractivity contribution in [3.63, 3.8) is 0 Å². The second-order valence-corrected chi connectivity index (χ2v) is 9.57. The van der Waals surface area contributed by atoms with Crippen LogP contribution in [0.3, 0.4) is 0 Å². The third-order valence-corrected chi connectivity index (χ3v) is 6.75. The normalized spacial score (nSPS) is 19.2. The van der Waals surface area contributed by atoms with Crippen LogP contribution in [0.5, 0.6) is 11.5 Å². The number of rotatable bonds is 9. The molecule has 1 atom stereocenters. The minimum atomic E-state index is -0.641. The summed E-state index contributed by atoms with van der Waals surface area (Å²) in [6.07, 6.45) is 6.74. The lowest BCUT2D eigenvalue weighted by atomic mass is 10.1. The van der Waals surface area contributed by atoms with Crippen LogP contribution in [0.15, 0.2) is 36.7 Å². The van der Waals surface area contributed by atoms with E-state index in [1.807, 2.05) is 6.07 Å². The first-order valence-electron chi connectivity index (χ1n) is 12.1. The van der Waals surface area contributed by atoms with E-state index in [-0.39, 0.29) is 24.3 Å². The molecule has 9 nitrogen and oxygen atoms in total. The number of pyridine rings is 1. The third-order valence-electron chi connectivity index (χ3n) is 6.75. The van der Waals surface area contributed by atoms with Crippen molar-refractivity contribution in [2.75, 3.05) is 38.7 Å². The number of benzene rings is 1. The maximum absolute atomic E-state index is 13.3. The van der Waals surface area contributed by atoms with Crippen LogP contribution in [0.4, 0.5) is 5.69 Å². The van der Waals surface area contributed by atoms with Crippen molar-refractivity contribution in [3.8, 4) is 11.5 Å². The Morgan fingerprint density at radius 3 is 2.71 bits per heavy atom. The standard InChI is InChI=1S/C26H30N4O5/c1-28(2)24(31)16-29-15-21-20(25(29)32)4-3-5-22(21)30-10-8-23(26(30)33)35-19-12-18(13-27-14-19)34-11-9-17-6-7-17/h3-5,12-14,17,23H,6-11,15-16H2,1-2H3/t23-/m1/s1. The molecule has 0 radical (unpaired) electrons. The fraction of sp³-hybridized carbons (Fsp3) is 0.462. The van der Waals surface area contributed by atoms with E-state index in [4.69, 9.17) is 9.47 Å². The summed E-state index contributed by atoms with van der Waals surface area (Å²) in [6, 6.07) is 7.14. The first-order chi connectivity index (χ1) is 16.9. The van der Waals surface area contributed by atoms with Gasteiger partial charge in [-0.25, -0.2) is 0 Å². The fourth-order valence-corrected chi connectivity index (χ4v) is 4.52. The van der Waals surface area contributed by atoms with Crippen LogP contribution >= 0.6 is 0 Å². The minimum absolute atomic E-state index is 0.00566. The van der Waals surface area contributed by atoms with Crippen molar-refractivity contribution in [1.82, 2.24) is 14.8 Å². The Morgan fingerprint density at radius 2 is 1.94 bits per heavy atom. The number of likely N-dealkylation sites (N-methyl/N-ethyl adjacent to an activating group) is 1. The average Bonchev–Trinajstić information content (AvgIpc) is 3.53. The van der Waals surface area contributed by atoms with Gasteiger partial charge in [0.25, 0.3) is 11.8 Å². The molecule has 0 spiro atoms. The van der Waals surface area contributed by atoms with Crippen LogP contribution in [0.1, 0.15) is 41.6 Å². The van der Waals surface area contributed by atoms with Gasteiger partial charge < -0.3 is 24.2 Å². The monoisotopic (exact) mass is 478 g/mol. The van der Waals surface area contributed by atoms with Gasteiger partial charge in [-0.05, 0) is 24.5 Å². The Balaban J connectivity index is 1.25. The lowest BCUT2D eigenvalue weighted by molar-refractivity contribution is -0.129. The van der Waals surface area contributed by atoms with Crippen LogP contribution in [-0.2, 0) is 16.1 Å². The molecule has 3 heterocycles. The first-order valence-corrected chi connectivity index (χ1v) is 12.1. The third kappa shape index (κ3) is 4.94. The zero-order valence-electron chi connectivity index (χ0n) is 20.1. The molecule has 9 heteroatoms. The van der Waals surface area contributed by atoms with Gasteiger partial charge in [0.1, 0.15) is 18.0 Å². The number of ether oxygens (including phenoxy) is 2. The summed E-state index contributed by atoms with van der Waals surface area (Å²) >= 11 is 0. The van der Waals surface area contributed by atoms with Gasteiger partial charge in [0.2, 0.25) is 5.91 Å². The van der Waals surface area contributed by atoms with Crippen LogP contribution < -0.4 is 14.4 Å². The Kier molecular flexibility index (Phi) is 6.32. The highest BCUT2D eigenvalue weighted by molar-refractivity contribution is 6.05. The van der Waals surface area contributed by atoms with E-state index in [9.17, 15) is 14.4 Å². The Bertz CT molecular complexity index is 1150. The molecule has 1 saturated carbocycles. The van der Waals surface area contributed by atoms with Gasteiger partial charge in [-0.1, -0.05) is 18.9 Å². The van der Waals surface area contributed by atoms with Gasteiger partial charge in [0.05, 0.1) is 19.0 Å². The van der Waals surface area contributed by atoms with E-state index in [0.717, 1.165) is 17.9 Å². The molecule has 1 aliphatic carbocycles. The highest BCUT2D eigenvalue weighted by Gasteiger charge is 2.38. The van der Waals surface area contributed by atoms with E-state index in [0.29, 0.717) is 48.9 Å². The number of hydrogen-bond donors (Lipinski definition) is 0. The molecule has 3 amide bonds. The summed E-state index contributed by atoms with van der Waals surface area (Å²) in [5.74, 6) is 1.42. The number of nitrogens with zero attached hydrogens (tertiary/aromatic N) is 4. The van der Waals surface area contributed by atoms with E-state index in [2.05, 4.69) is 4.98 Å². The molecule has 5 rings (SSSR count). The Morgan fingerprint density at radius 1 is 1.14 bits per heavy atom. The molecule has 2 aromatic rings. The van der Waals surface area contributed by atoms with Crippen molar-refractivity contribution in [2.24, 2.45) is 5.92 Å². The van der Waals surface area contributed by atoms with Crippen LogP contribution in [-0.4, -0.2) is 72.4 Å². The molecule has 0 unspecified atom stereocenters. The fourth-order valence-electron chi connectivity index (χ4n) is 4.52. The van der Waals surface area contributed by atoms with Crippen LogP contribution in [0, 0.1) is 5.92 Å². The van der Waals surface area contributed by atoms with Crippen molar-refractivity contribution in [1.29, 1.82) is 0 Å². The minimum Gasteiger partial charge on any atom is -0.492 e. The second kappa shape index (κ2) is 9.56. The summed E-state index contributed by atoms with van der Waals surface area (Å²) < 4.78 is 11.8.